The summed E-state index contributed by atoms with van der Waals surface area (Å²) in [6.45, 7) is 6.37. The predicted octanol–water partition coefficient (Wildman–Crippen LogP) is 7.08. The van der Waals surface area contributed by atoms with Crippen molar-refractivity contribution < 1.29 is 24.2 Å². The summed E-state index contributed by atoms with van der Waals surface area (Å²) in [6, 6.07) is 35.0. The first-order valence-electron chi connectivity index (χ1n) is 17.7. The quantitative estimate of drug-likeness (QED) is 0.110. The minimum Gasteiger partial charge on any atom is -0.392 e. The maximum Gasteiger partial charge on any atom is 0.220 e. The topological polar surface area (TPSA) is 100 Å². The lowest BCUT2D eigenvalue weighted by Gasteiger charge is -2.42. The molecule has 5 rings (SSSR count). The third kappa shape index (κ3) is 10.6. The van der Waals surface area contributed by atoms with Crippen LogP contribution >= 0.6 is 0 Å². The fourth-order valence-corrected chi connectivity index (χ4v) is 6.50. The molecule has 0 unspecified atom stereocenters. The molecule has 4 aromatic rings. The molecule has 50 heavy (non-hydrogen) atoms. The van der Waals surface area contributed by atoms with Gasteiger partial charge in [-0.2, -0.15) is 0 Å². The summed E-state index contributed by atoms with van der Waals surface area (Å²) in [7, 11) is 2.13. The van der Waals surface area contributed by atoms with E-state index in [1.54, 1.807) is 0 Å². The molecule has 264 valence electrons. The minimum absolute atomic E-state index is 0.00394. The molecule has 4 aromatic carbocycles. The van der Waals surface area contributed by atoms with Crippen molar-refractivity contribution in [3.8, 4) is 11.1 Å². The summed E-state index contributed by atoms with van der Waals surface area (Å²) in [5.74, 6) is 0.0953. The molecule has 0 radical (unpaired) electrons. The summed E-state index contributed by atoms with van der Waals surface area (Å²) in [5, 5.41) is 15.5. The van der Waals surface area contributed by atoms with E-state index in [-0.39, 0.29) is 36.5 Å². The molecule has 0 saturated carbocycles. The van der Waals surface area contributed by atoms with Crippen LogP contribution < -0.4 is 10.6 Å². The van der Waals surface area contributed by atoms with E-state index in [1.807, 2.05) is 42.5 Å². The average Bonchev–Trinajstić information content (AvgIpc) is 3.13. The van der Waals surface area contributed by atoms with Crippen molar-refractivity contribution in [1.82, 2.24) is 15.5 Å². The highest BCUT2D eigenvalue weighted by Gasteiger charge is 2.38. The molecule has 3 N–H and O–H groups in total. The molecule has 1 fully saturated rings. The van der Waals surface area contributed by atoms with Crippen LogP contribution in [0.5, 0.6) is 0 Å². The number of carbonyl (C=O) groups is 2. The molecular weight excluding hydrogens is 626 g/mol. The van der Waals surface area contributed by atoms with Crippen molar-refractivity contribution in [3.05, 3.63) is 131 Å². The molecule has 1 heterocycles. The first kappa shape index (κ1) is 36.9. The summed E-state index contributed by atoms with van der Waals surface area (Å²) < 4.78 is 13.4. The van der Waals surface area contributed by atoms with Gasteiger partial charge in [0.15, 0.2) is 6.29 Å². The van der Waals surface area contributed by atoms with Gasteiger partial charge in [0.2, 0.25) is 11.8 Å². The Morgan fingerprint density at radius 1 is 0.780 bits per heavy atom. The van der Waals surface area contributed by atoms with Gasteiger partial charge >= 0.3 is 0 Å². The zero-order valence-electron chi connectivity index (χ0n) is 29.5. The molecule has 1 aliphatic rings. The van der Waals surface area contributed by atoms with E-state index in [0.717, 1.165) is 65.7 Å². The van der Waals surface area contributed by atoms with Crippen molar-refractivity contribution in [3.63, 3.8) is 0 Å². The van der Waals surface area contributed by atoms with Crippen molar-refractivity contribution in [2.24, 2.45) is 5.92 Å². The number of hydrogen-bond acceptors (Lipinski definition) is 6. The number of aliphatic hydroxyl groups is 1. The molecule has 2 amide bonds. The normalized spacial score (nSPS) is 18.9. The fourth-order valence-electron chi connectivity index (χ4n) is 6.50. The monoisotopic (exact) mass is 677 g/mol. The first-order valence-corrected chi connectivity index (χ1v) is 17.7. The van der Waals surface area contributed by atoms with Crippen molar-refractivity contribution >= 4 is 11.8 Å². The summed E-state index contributed by atoms with van der Waals surface area (Å²) in [4.78, 5) is 25.9. The molecule has 0 aromatic heterocycles. The number of unbranched alkanes of at least 4 members (excludes halogenated alkanes) is 2. The molecule has 0 spiro atoms. The third-order valence-electron chi connectivity index (χ3n) is 9.35. The van der Waals surface area contributed by atoms with Crippen LogP contribution in [0.1, 0.15) is 79.7 Å². The van der Waals surface area contributed by atoms with Gasteiger partial charge < -0.3 is 25.2 Å². The molecular formula is C42H51N3O5. The van der Waals surface area contributed by atoms with Crippen LogP contribution in [0.2, 0.25) is 0 Å². The average molecular weight is 678 g/mol. The van der Waals surface area contributed by atoms with E-state index in [9.17, 15) is 14.7 Å². The van der Waals surface area contributed by atoms with Gasteiger partial charge in [0.05, 0.1) is 18.8 Å². The molecule has 8 heteroatoms. The number of likely N-dealkylation sites (N-methyl/N-ethyl adjacent to an activating group) is 1. The number of amides is 2. The van der Waals surface area contributed by atoms with E-state index >= 15 is 0 Å². The number of nitrogens with one attached hydrogen (secondary N) is 2. The summed E-state index contributed by atoms with van der Waals surface area (Å²) in [6.07, 6.45) is 2.21. The van der Waals surface area contributed by atoms with Crippen LogP contribution in [-0.2, 0) is 38.8 Å². The predicted molar refractivity (Wildman–Crippen MR) is 197 cm³/mol. The van der Waals surface area contributed by atoms with Crippen molar-refractivity contribution in [2.45, 2.75) is 77.7 Å². The van der Waals surface area contributed by atoms with Gasteiger partial charge in [0.25, 0.3) is 0 Å². The standard InChI is InChI=1S/C42H51N3O5/c1-30-39(28-45(3)27-32-12-6-4-7-13-32)49-42(50-41(30)35-19-17-33(29-46)18-20-35)36-23-21-34(22-24-36)38-15-10-9-14-37(38)26-44-40(48)16-8-5-11-25-43-31(2)47/h4,6-7,9-10,12-15,17-24,30,39,41-42,46H,5,8,11,16,25-29H2,1-3H3,(H,43,47)(H,44,48)/t30-,39+,41+,42+/m0/s1. The van der Waals surface area contributed by atoms with Crippen LogP contribution in [-0.4, -0.2) is 48.1 Å². The molecule has 8 nitrogen and oxygen atoms in total. The maximum atomic E-state index is 12.6. The third-order valence-corrected chi connectivity index (χ3v) is 9.35. The Labute approximate surface area is 296 Å². The van der Waals surface area contributed by atoms with Crippen LogP contribution in [0.4, 0.5) is 0 Å². The number of aliphatic hydroxyl groups excluding tert-OH is 1. The Morgan fingerprint density at radius 2 is 1.48 bits per heavy atom. The largest absolute Gasteiger partial charge is 0.392 e. The lowest BCUT2D eigenvalue weighted by Crippen LogP contribution is -2.43. The Hall–Kier alpha value is -4.34. The number of hydrogen-bond donors (Lipinski definition) is 3. The highest BCUT2D eigenvalue weighted by Crippen LogP contribution is 2.42. The Balaban J connectivity index is 1.26. The molecule has 4 atom stereocenters. The highest BCUT2D eigenvalue weighted by molar-refractivity contribution is 5.76. The first-order chi connectivity index (χ1) is 24.3. The number of carbonyl (C=O) groups excluding carboxylic acids is 2. The number of ether oxygens (including phenoxy) is 2. The maximum absolute atomic E-state index is 12.6. The van der Waals surface area contributed by atoms with Gasteiger partial charge in [-0.3, -0.25) is 14.5 Å². The van der Waals surface area contributed by atoms with E-state index in [1.165, 1.54) is 12.5 Å². The summed E-state index contributed by atoms with van der Waals surface area (Å²) >= 11 is 0. The second-order valence-corrected chi connectivity index (χ2v) is 13.4. The Kier molecular flexibility index (Phi) is 13.7. The SMILES string of the molecule is CC(=O)NCCCCCC(=O)NCc1ccccc1-c1ccc([C@@H]2O[C@H](CN(C)Cc3ccccc3)[C@H](C)[C@H](c3ccc(CO)cc3)O2)cc1. The van der Waals surface area contributed by atoms with E-state index in [0.29, 0.717) is 19.5 Å². The van der Waals surface area contributed by atoms with Crippen LogP contribution in [0.25, 0.3) is 11.1 Å². The number of benzene rings is 4. The molecule has 0 aliphatic carbocycles. The zero-order valence-corrected chi connectivity index (χ0v) is 29.5. The van der Waals surface area contributed by atoms with E-state index < -0.39 is 6.29 Å². The van der Waals surface area contributed by atoms with Crippen LogP contribution in [0.15, 0.2) is 103 Å². The van der Waals surface area contributed by atoms with Crippen LogP contribution in [0, 0.1) is 5.92 Å². The van der Waals surface area contributed by atoms with Crippen molar-refractivity contribution in [2.75, 3.05) is 20.1 Å². The van der Waals surface area contributed by atoms with E-state index in [4.69, 9.17) is 9.47 Å². The van der Waals surface area contributed by atoms with Gasteiger partial charge in [-0.05, 0) is 53.3 Å². The van der Waals surface area contributed by atoms with Gasteiger partial charge in [-0.15, -0.1) is 0 Å². The fraction of sp³-hybridized carbons (Fsp3) is 0.381. The number of nitrogens with zero attached hydrogens (tertiary/aromatic N) is 1. The second kappa shape index (κ2) is 18.6. The summed E-state index contributed by atoms with van der Waals surface area (Å²) in [5.41, 5.74) is 7.30. The molecule has 1 aliphatic heterocycles. The van der Waals surface area contributed by atoms with Gasteiger partial charge in [-0.25, -0.2) is 0 Å². The number of rotatable bonds is 16. The lowest BCUT2D eigenvalue weighted by molar-refractivity contribution is -0.276. The van der Waals surface area contributed by atoms with E-state index in [2.05, 4.69) is 90.2 Å². The lowest BCUT2D eigenvalue weighted by atomic mass is 9.90. The van der Waals surface area contributed by atoms with Gasteiger partial charge in [0.1, 0.15) is 0 Å². The smallest absolute Gasteiger partial charge is 0.220 e. The second-order valence-electron chi connectivity index (χ2n) is 13.4. The zero-order chi connectivity index (χ0) is 35.3. The van der Waals surface area contributed by atoms with Crippen LogP contribution in [0.3, 0.4) is 0 Å². The molecule has 0 bridgehead atoms. The Morgan fingerprint density at radius 3 is 2.20 bits per heavy atom. The van der Waals surface area contributed by atoms with Gasteiger partial charge in [-0.1, -0.05) is 116 Å². The molecule has 1 saturated heterocycles. The van der Waals surface area contributed by atoms with Crippen molar-refractivity contribution in [1.29, 1.82) is 0 Å². The minimum atomic E-state index is -0.550. The Bertz CT molecular complexity index is 1640. The highest BCUT2D eigenvalue weighted by atomic mass is 16.7. The van der Waals surface area contributed by atoms with Gasteiger partial charge in [0, 0.05) is 51.0 Å².